The van der Waals surface area contributed by atoms with Gasteiger partial charge in [0.15, 0.2) is 0 Å². The Bertz CT molecular complexity index is 933. The molecule has 29 heavy (non-hydrogen) atoms. The van der Waals surface area contributed by atoms with Gasteiger partial charge in [-0.25, -0.2) is 0 Å². The number of thioether (sulfide) groups is 1. The number of carbonyl (C=O) groups excluding carboxylic acids is 1. The van der Waals surface area contributed by atoms with Crippen molar-refractivity contribution in [1.29, 1.82) is 0 Å². The molecule has 0 spiro atoms. The number of amides is 1. The molecule has 1 aliphatic rings. The van der Waals surface area contributed by atoms with Crippen molar-refractivity contribution in [1.82, 2.24) is 4.90 Å². The molecule has 1 amide bonds. The molecule has 1 aromatic heterocycles. The first-order chi connectivity index (χ1) is 14.0. The number of methoxy groups -OCH3 is 1. The minimum Gasteiger partial charge on any atom is -0.497 e. The number of ether oxygens (including phenoxy) is 1. The van der Waals surface area contributed by atoms with Gasteiger partial charge in [-0.15, -0.1) is 0 Å². The zero-order valence-electron chi connectivity index (χ0n) is 15.9. The van der Waals surface area contributed by atoms with Crippen LogP contribution in [0.1, 0.15) is 31.4 Å². The van der Waals surface area contributed by atoms with E-state index < -0.39 is 5.97 Å². The summed E-state index contributed by atoms with van der Waals surface area (Å²) < 4.78 is 11.5. The first-order valence-corrected chi connectivity index (χ1v) is 10.4. The smallest absolute Gasteiger partial charge is 0.303 e. The maximum absolute atomic E-state index is 12.6. The van der Waals surface area contributed by atoms with Gasteiger partial charge in [0.1, 0.15) is 21.6 Å². The lowest BCUT2D eigenvalue weighted by molar-refractivity contribution is -0.137. The van der Waals surface area contributed by atoms with Gasteiger partial charge in [-0.1, -0.05) is 30.4 Å². The van der Waals surface area contributed by atoms with E-state index in [1.54, 1.807) is 18.1 Å². The molecule has 6 nitrogen and oxygen atoms in total. The number of hydrogen-bond acceptors (Lipinski definition) is 6. The molecule has 8 heteroatoms. The molecule has 1 fully saturated rings. The van der Waals surface area contributed by atoms with Gasteiger partial charge in [-0.2, -0.15) is 0 Å². The summed E-state index contributed by atoms with van der Waals surface area (Å²) >= 11 is 6.58. The monoisotopic (exact) mass is 431 g/mol. The third-order valence-corrected chi connectivity index (χ3v) is 5.80. The number of furan rings is 1. The van der Waals surface area contributed by atoms with Gasteiger partial charge in [-0.05, 0) is 49.2 Å². The fourth-order valence-electron chi connectivity index (χ4n) is 2.89. The third-order valence-electron chi connectivity index (χ3n) is 4.42. The van der Waals surface area contributed by atoms with Crippen molar-refractivity contribution in [3.05, 3.63) is 47.1 Å². The van der Waals surface area contributed by atoms with Crippen LogP contribution in [0.5, 0.6) is 5.75 Å². The summed E-state index contributed by atoms with van der Waals surface area (Å²) in [4.78, 5) is 25.3. The molecule has 2 heterocycles. The van der Waals surface area contributed by atoms with Crippen molar-refractivity contribution in [3.8, 4) is 17.1 Å². The Morgan fingerprint density at radius 3 is 2.66 bits per heavy atom. The van der Waals surface area contributed by atoms with Gasteiger partial charge in [0, 0.05) is 24.6 Å². The van der Waals surface area contributed by atoms with E-state index in [-0.39, 0.29) is 12.3 Å². The Labute approximate surface area is 178 Å². The second-order valence-corrected chi connectivity index (χ2v) is 8.14. The fourth-order valence-corrected chi connectivity index (χ4v) is 4.17. The maximum atomic E-state index is 12.6. The largest absolute Gasteiger partial charge is 0.497 e. The van der Waals surface area contributed by atoms with Crippen molar-refractivity contribution >= 4 is 46.3 Å². The highest BCUT2D eigenvalue weighted by atomic mass is 32.2. The molecule has 3 rings (SSSR count). The average molecular weight is 432 g/mol. The second-order valence-electron chi connectivity index (χ2n) is 6.47. The number of nitrogens with zero attached hydrogens (tertiary/aromatic N) is 1. The number of aliphatic carboxylic acids is 1. The van der Waals surface area contributed by atoms with Crippen LogP contribution in [0.3, 0.4) is 0 Å². The van der Waals surface area contributed by atoms with Crippen LogP contribution in [0, 0.1) is 0 Å². The van der Waals surface area contributed by atoms with E-state index in [4.69, 9.17) is 26.5 Å². The molecular weight excluding hydrogens is 410 g/mol. The zero-order chi connectivity index (χ0) is 20.8. The minimum absolute atomic E-state index is 0.138. The molecule has 1 saturated heterocycles. The van der Waals surface area contributed by atoms with Crippen LogP contribution < -0.4 is 4.74 Å². The molecule has 0 radical (unpaired) electrons. The summed E-state index contributed by atoms with van der Waals surface area (Å²) in [5, 5.41) is 8.67. The van der Waals surface area contributed by atoms with Gasteiger partial charge >= 0.3 is 5.97 Å². The average Bonchev–Trinajstić information content (AvgIpc) is 3.27. The Morgan fingerprint density at radius 1 is 1.21 bits per heavy atom. The summed E-state index contributed by atoms with van der Waals surface area (Å²) in [7, 11) is 1.62. The van der Waals surface area contributed by atoms with Gasteiger partial charge in [0.25, 0.3) is 5.91 Å². The molecular formula is C21H21NO5S2. The lowest BCUT2D eigenvalue weighted by atomic mass is 10.2. The first kappa shape index (κ1) is 21.1. The van der Waals surface area contributed by atoms with Gasteiger partial charge in [0.05, 0.1) is 12.0 Å². The molecule has 152 valence electrons. The molecule has 0 saturated carbocycles. The van der Waals surface area contributed by atoms with Crippen molar-refractivity contribution in [2.45, 2.75) is 25.7 Å². The molecule has 0 unspecified atom stereocenters. The van der Waals surface area contributed by atoms with E-state index in [1.807, 2.05) is 36.4 Å². The number of unbranched alkanes of at least 4 members (excludes halogenated alkanes) is 2. The van der Waals surface area contributed by atoms with Gasteiger partial charge in [-0.3, -0.25) is 14.5 Å². The summed E-state index contributed by atoms with van der Waals surface area (Å²) in [5.41, 5.74) is 0.916. The predicted molar refractivity (Wildman–Crippen MR) is 117 cm³/mol. The van der Waals surface area contributed by atoms with Crippen molar-refractivity contribution < 1.29 is 23.8 Å². The van der Waals surface area contributed by atoms with Crippen LogP contribution >= 0.6 is 24.0 Å². The molecule has 0 aliphatic carbocycles. The Balaban J connectivity index is 1.62. The normalized spacial score (nSPS) is 15.3. The molecule has 0 atom stereocenters. The summed E-state index contributed by atoms with van der Waals surface area (Å²) in [6.07, 6.45) is 3.91. The van der Waals surface area contributed by atoms with E-state index in [9.17, 15) is 9.59 Å². The number of benzene rings is 1. The van der Waals surface area contributed by atoms with Gasteiger partial charge < -0.3 is 14.3 Å². The number of carboxylic acid groups (broad SMARTS) is 1. The predicted octanol–water partition coefficient (Wildman–Crippen LogP) is 4.80. The van der Waals surface area contributed by atoms with Crippen molar-refractivity contribution in [3.63, 3.8) is 0 Å². The van der Waals surface area contributed by atoms with Crippen LogP contribution in [0.15, 0.2) is 45.7 Å². The molecule has 1 aromatic carbocycles. The lowest BCUT2D eigenvalue weighted by Gasteiger charge is -2.13. The highest BCUT2D eigenvalue weighted by Crippen LogP contribution is 2.34. The number of carboxylic acids is 1. The standard InChI is InChI=1S/C21H21NO5S2/c1-26-15-8-6-14(7-9-15)17-11-10-16(27-17)13-18-20(25)22(21(28)29-18)12-4-2-3-5-19(23)24/h6-11,13H,2-5,12H2,1H3,(H,23,24)/b18-13+. The van der Waals surface area contributed by atoms with Crippen LogP contribution in [0.25, 0.3) is 17.4 Å². The molecule has 0 bridgehead atoms. The van der Waals surface area contributed by atoms with E-state index in [2.05, 4.69) is 0 Å². The number of hydrogen-bond donors (Lipinski definition) is 1. The quantitative estimate of drug-likeness (QED) is 0.347. The van der Waals surface area contributed by atoms with E-state index >= 15 is 0 Å². The van der Waals surface area contributed by atoms with Crippen LogP contribution in [-0.4, -0.2) is 39.9 Å². The summed E-state index contributed by atoms with van der Waals surface area (Å²) in [6.45, 7) is 0.497. The molecule has 1 N–H and O–H groups in total. The van der Waals surface area contributed by atoms with Crippen LogP contribution in [0.4, 0.5) is 0 Å². The highest BCUT2D eigenvalue weighted by molar-refractivity contribution is 8.26. The topological polar surface area (TPSA) is 80.0 Å². The highest BCUT2D eigenvalue weighted by Gasteiger charge is 2.31. The third kappa shape index (κ3) is 5.48. The molecule has 1 aliphatic heterocycles. The first-order valence-electron chi connectivity index (χ1n) is 9.19. The van der Waals surface area contributed by atoms with E-state index in [1.165, 1.54) is 11.8 Å². The van der Waals surface area contributed by atoms with Gasteiger partial charge in [0.2, 0.25) is 0 Å². The van der Waals surface area contributed by atoms with Crippen LogP contribution in [-0.2, 0) is 9.59 Å². The number of carbonyl (C=O) groups is 2. The van der Waals surface area contributed by atoms with E-state index in [0.29, 0.717) is 33.7 Å². The second kappa shape index (κ2) is 9.76. The maximum Gasteiger partial charge on any atom is 0.303 e. The van der Waals surface area contributed by atoms with Crippen LogP contribution in [0.2, 0.25) is 0 Å². The Hall–Kier alpha value is -2.58. The number of thiocarbonyl (C=S) groups is 1. The SMILES string of the molecule is COc1ccc(-c2ccc(/C=C3/SC(=S)N(CCCCCC(=O)O)C3=O)o2)cc1. The Morgan fingerprint density at radius 2 is 1.97 bits per heavy atom. The minimum atomic E-state index is -0.800. The van der Waals surface area contributed by atoms with Crippen molar-refractivity contribution in [2.24, 2.45) is 0 Å². The lowest BCUT2D eigenvalue weighted by Crippen LogP contribution is -2.29. The Kier molecular flexibility index (Phi) is 7.11. The summed E-state index contributed by atoms with van der Waals surface area (Å²) in [5.74, 6) is 1.12. The molecule has 2 aromatic rings. The fraction of sp³-hybridized carbons (Fsp3) is 0.286. The van der Waals surface area contributed by atoms with Crippen molar-refractivity contribution in [2.75, 3.05) is 13.7 Å². The summed E-state index contributed by atoms with van der Waals surface area (Å²) in [6, 6.07) is 11.2. The zero-order valence-corrected chi connectivity index (χ0v) is 17.6. The number of rotatable bonds is 9. The van der Waals surface area contributed by atoms with E-state index in [0.717, 1.165) is 24.2 Å².